The third kappa shape index (κ3) is 5.70. The van der Waals surface area contributed by atoms with Gasteiger partial charge < -0.3 is 5.32 Å². The number of amides is 1. The maximum Gasteiger partial charge on any atom is 0.259 e. The fraction of sp³-hybridized carbons (Fsp3) is 0.263. The maximum absolute atomic E-state index is 12.0. The topological polar surface area (TPSA) is 53.5 Å². The highest BCUT2D eigenvalue weighted by atomic mass is 35.5. The standard InChI is InChI=1S/C19H22ClN3O/c1-3-17(12-15-7-5-4-6-8-15)22-23-19(24)13-21-18-10-9-16(20)11-14(18)2/h4-11,21H,3,12-13H2,1-2H3,(H,23,24)/b22-17+. The Labute approximate surface area is 147 Å². The monoisotopic (exact) mass is 343 g/mol. The predicted molar refractivity (Wildman–Crippen MR) is 101 cm³/mol. The molecule has 0 aliphatic rings. The third-order valence-corrected chi connectivity index (χ3v) is 3.86. The molecule has 0 unspecified atom stereocenters. The first-order valence-corrected chi connectivity index (χ1v) is 8.34. The van der Waals surface area contributed by atoms with Gasteiger partial charge in [0.1, 0.15) is 0 Å². The van der Waals surface area contributed by atoms with E-state index >= 15 is 0 Å². The molecule has 1 amide bonds. The first kappa shape index (κ1) is 18.0. The number of carbonyl (C=O) groups is 1. The number of anilines is 1. The van der Waals surface area contributed by atoms with Gasteiger partial charge in [-0.2, -0.15) is 5.10 Å². The summed E-state index contributed by atoms with van der Waals surface area (Å²) in [4.78, 5) is 12.0. The number of hydrogen-bond acceptors (Lipinski definition) is 3. The van der Waals surface area contributed by atoms with Crippen molar-refractivity contribution in [2.75, 3.05) is 11.9 Å². The molecule has 2 aromatic rings. The van der Waals surface area contributed by atoms with Crippen molar-refractivity contribution in [1.82, 2.24) is 5.43 Å². The van der Waals surface area contributed by atoms with Gasteiger partial charge in [-0.05, 0) is 42.7 Å². The van der Waals surface area contributed by atoms with E-state index in [-0.39, 0.29) is 12.5 Å². The van der Waals surface area contributed by atoms with E-state index in [4.69, 9.17) is 11.6 Å². The lowest BCUT2D eigenvalue weighted by Crippen LogP contribution is -2.27. The van der Waals surface area contributed by atoms with Crippen molar-refractivity contribution in [2.24, 2.45) is 5.10 Å². The van der Waals surface area contributed by atoms with E-state index in [1.165, 1.54) is 5.56 Å². The molecule has 2 rings (SSSR count). The number of aryl methyl sites for hydroxylation is 1. The van der Waals surface area contributed by atoms with Crippen LogP contribution in [0, 0.1) is 6.92 Å². The molecule has 0 radical (unpaired) electrons. The fourth-order valence-corrected chi connectivity index (χ4v) is 2.48. The van der Waals surface area contributed by atoms with Crippen molar-refractivity contribution in [1.29, 1.82) is 0 Å². The maximum atomic E-state index is 12.0. The van der Waals surface area contributed by atoms with Crippen LogP contribution in [0.3, 0.4) is 0 Å². The van der Waals surface area contributed by atoms with Crippen LogP contribution in [-0.2, 0) is 11.2 Å². The van der Waals surface area contributed by atoms with E-state index in [1.807, 2.05) is 44.2 Å². The minimum atomic E-state index is -0.177. The van der Waals surface area contributed by atoms with Crippen LogP contribution < -0.4 is 10.7 Å². The lowest BCUT2D eigenvalue weighted by molar-refractivity contribution is -0.119. The van der Waals surface area contributed by atoms with Gasteiger partial charge in [0, 0.05) is 22.8 Å². The zero-order valence-corrected chi connectivity index (χ0v) is 14.7. The van der Waals surface area contributed by atoms with Crippen LogP contribution in [0.2, 0.25) is 5.02 Å². The SMILES string of the molecule is CC/C(Cc1ccccc1)=N\NC(=O)CNc1ccc(Cl)cc1C. The summed E-state index contributed by atoms with van der Waals surface area (Å²) in [5.41, 5.74) is 6.62. The van der Waals surface area contributed by atoms with E-state index in [1.54, 1.807) is 6.07 Å². The van der Waals surface area contributed by atoms with Gasteiger partial charge in [-0.3, -0.25) is 4.79 Å². The second-order valence-corrected chi connectivity index (χ2v) is 5.98. The Morgan fingerprint density at radius 3 is 2.58 bits per heavy atom. The van der Waals surface area contributed by atoms with Crippen LogP contribution in [0.1, 0.15) is 24.5 Å². The summed E-state index contributed by atoms with van der Waals surface area (Å²) < 4.78 is 0. The van der Waals surface area contributed by atoms with Crippen LogP contribution in [0.15, 0.2) is 53.6 Å². The summed E-state index contributed by atoms with van der Waals surface area (Å²) in [6.45, 7) is 4.14. The molecular formula is C19H22ClN3O. The summed E-state index contributed by atoms with van der Waals surface area (Å²) in [6.07, 6.45) is 1.53. The van der Waals surface area contributed by atoms with Crippen LogP contribution in [-0.4, -0.2) is 18.2 Å². The molecule has 2 aromatic carbocycles. The van der Waals surface area contributed by atoms with E-state index in [0.29, 0.717) is 5.02 Å². The number of rotatable bonds is 7. The molecule has 24 heavy (non-hydrogen) atoms. The summed E-state index contributed by atoms with van der Waals surface area (Å²) in [5, 5.41) is 8.01. The lowest BCUT2D eigenvalue weighted by atomic mass is 10.1. The van der Waals surface area contributed by atoms with Gasteiger partial charge in [-0.1, -0.05) is 48.9 Å². The largest absolute Gasteiger partial charge is 0.376 e. The number of hydrogen-bond donors (Lipinski definition) is 2. The Balaban J connectivity index is 1.86. The summed E-state index contributed by atoms with van der Waals surface area (Å²) >= 11 is 5.92. The highest BCUT2D eigenvalue weighted by Gasteiger charge is 2.04. The number of nitrogens with zero attached hydrogens (tertiary/aromatic N) is 1. The molecular weight excluding hydrogens is 322 g/mol. The van der Waals surface area contributed by atoms with Gasteiger partial charge in [0.05, 0.1) is 6.54 Å². The van der Waals surface area contributed by atoms with Gasteiger partial charge in [0.25, 0.3) is 5.91 Å². The molecule has 0 atom stereocenters. The second-order valence-electron chi connectivity index (χ2n) is 5.54. The quantitative estimate of drug-likeness (QED) is 0.585. The van der Waals surface area contributed by atoms with Crippen LogP contribution >= 0.6 is 11.6 Å². The Hall–Kier alpha value is -2.33. The molecule has 0 fully saturated rings. The van der Waals surface area contributed by atoms with Gasteiger partial charge in [-0.25, -0.2) is 5.43 Å². The van der Waals surface area contributed by atoms with Crippen molar-refractivity contribution in [3.8, 4) is 0 Å². The number of carbonyl (C=O) groups excluding carboxylic acids is 1. The zero-order chi connectivity index (χ0) is 17.4. The first-order valence-electron chi connectivity index (χ1n) is 7.96. The number of nitrogens with one attached hydrogen (secondary N) is 2. The first-order chi connectivity index (χ1) is 11.6. The van der Waals surface area contributed by atoms with Crippen molar-refractivity contribution < 1.29 is 4.79 Å². The number of halogens is 1. The summed E-state index contributed by atoms with van der Waals surface area (Å²) in [6, 6.07) is 15.6. The Kier molecular flexibility index (Phi) is 6.82. The highest BCUT2D eigenvalue weighted by molar-refractivity contribution is 6.30. The molecule has 0 aromatic heterocycles. The molecule has 0 aliphatic heterocycles. The molecule has 0 spiro atoms. The molecule has 4 nitrogen and oxygen atoms in total. The van der Waals surface area contributed by atoms with Crippen molar-refractivity contribution in [3.05, 3.63) is 64.7 Å². The van der Waals surface area contributed by atoms with Gasteiger partial charge >= 0.3 is 0 Å². The van der Waals surface area contributed by atoms with Crippen LogP contribution in [0.5, 0.6) is 0 Å². The minimum Gasteiger partial charge on any atom is -0.376 e. The van der Waals surface area contributed by atoms with Crippen molar-refractivity contribution >= 4 is 28.9 Å². The Morgan fingerprint density at radius 2 is 1.92 bits per heavy atom. The van der Waals surface area contributed by atoms with Gasteiger partial charge in [0.15, 0.2) is 0 Å². The number of hydrazone groups is 1. The van der Waals surface area contributed by atoms with Crippen LogP contribution in [0.4, 0.5) is 5.69 Å². The normalized spacial score (nSPS) is 11.2. The fourth-order valence-electron chi connectivity index (χ4n) is 2.26. The minimum absolute atomic E-state index is 0.161. The zero-order valence-electron chi connectivity index (χ0n) is 14.0. The average molecular weight is 344 g/mol. The molecule has 0 heterocycles. The molecule has 2 N–H and O–H groups in total. The van der Waals surface area contributed by atoms with Crippen molar-refractivity contribution in [2.45, 2.75) is 26.7 Å². The Morgan fingerprint density at radius 1 is 1.17 bits per heavy atom. The molecule has 5 heteroatoms. The molecule has 0 aliphatic carbocycles. The Bertz CT molecular complexity index is 714. The van der Waals surface area contributed by atoms with Gasteiger partial charge in [0.2, 0.25) is 0 Å². The summed E-state index contributed by atoms with van der Waals surface area (Å²) in [5.74, 6) is -0.177. The summed E-state index contributed by atoms with van der Waals surface area (Å²) in [7, 11) is 0. The van der Waals surface area contributed by atoms with E-state index in [0.717, 1.165) is 29.8 Å². The lowest BCUT2D eigenvalue weighted by Gasteiger charge is -2.09. The highest BCUT2D eigenvalue weighted by Crippen LogP contribution is 2.19. The smallest absolute Gasteiger partial charge is 0.259 e. The molecule has 0 saturated heterocycles. The van der Waals surface area contributed by atoms with E-state index < -0.39 is 0 Å². The molecule has 0 saturated carbocycles. The second kappa shape index (κ2) is 9.08. The predicted octanol–water partition coefficient (Wildman–Crippen LogP) is 4.19. The average Bonchev–Trinajstić information content (AvgIpc) is 2.58. The van der Waals surface area contributed by atoms with Crippen LogP contribution in [0.25, 0.3) is 0 Å². The van der Waals surface area contributed by atoms with E-state index in [9.17, 15) is 4.79 Å². The molecule has 126 valence electrons. The third-order valence-electron chi connectivity index (χ3n) is 3.63. The van der Waals surface area contributed by atoms with Crippen molar-refractivity contribution in [3.63, 3.8) is 0 Å². The van der Waals surface area contributed by atoms with Gasteiger partial charge in [-0.15, -0.1) is 0 Å². The molecule has 0 bridgehead atoms. The number of benzene rings is 2. The van der Waals surface area contributed by atoms with E-state index in [2.05, 4.69) is 28.0 Å².